The lowest BCUT2D eigenvalue weighted by molar-refractivity contribution is -0.384. The largest absolute Gasteiger partial charge is 0.507 e. The van der Waals surface area contributed by atoms with Crippen LogP contribution in [0, 0.1) is 10.1 Å². The molecule has 37 heavy (non-hydrogen) atoms. The number of Topliss-reactive ketones (excluding diaryl/α,β-unsaturated/α-hetero) is 1. The Labute approximate surface area is 211 Å². The summed E-state index contributed by atoms with van der Waals surface area (Å²) in [7, 11) is 1.51. The van der Waals surface area contributed by atoms with Crippen LogP contribution in [0.1, 0.15) is 22.7 Å². The maximum Gasteiger partial charge on any atom is 0.295 e. The third-order valence-electron chi connectivity index (χ3n) is 6.60. The van der Waals surface area contributed by atoms with Gasteiger partial charge < -0.3 is 19.7 Å². The summed E-state index contributed by atoms with van der Waals surface area (Å²) >= 11 is 0. The number of rotatable bonds is 7. The maximum absolute atomic E-state index is 13.3. The number of nitro benzene ring substituents is 1. The number of fused-ring (bicyclic) bond motifs is 1. The maximum atomic E-state index is 13.3. The lowest BCUT2D eigenvalue weighted by atomic mass is 9.95. The number of aliphatic hydroxyl groups excluding tert-OH is 1. The van der Waals surface area contributed by atoms with E-state index in [1.54, 1.807) is 30.3 Å². The van der Waals surface area contributed by atoms with Gasteiger partial charge in [-0.1, -0.05) is 30.3 Å². The smallest absolute Gasteiger partial charge is 0.295 e. The number of hydrogen-bond donors (Lipinski definition) is 2. The number of ether oxygens (including phenoxy) is 1. The minimum absolute atomic E-state index is 0.116. The Bertz CT molecular complexity index is 1550. The van der Waals surface area contributed by atoms with Crippen molar-refractivity contribution in [1.29, 1.82) is 0 Å². The molecular weight excluding hydrogens is 474 g/mol. The monoisotopic (exact) mass is 497 g/mol. The van der Waals surface area contributed by atoms with Crippen molar-refractivity contribution in [2.24, 2.45) is 0 Å². The van der Waals surface area contributed by atoms with Crippen LogP contribution in [0.3, 0.4) is 0 Å². The lowest BCUT2D eigenvalue weighted by Gasteiger charge is -2.25. The van der Waals surface area contributed by atoms with E-state index in [-0.39, 0.29) is 23.6 Å². The number of aliphatic hydroxyl groups is 1. The van der Waals surface area contributed by atoms with Gasteiger partial charge in [0.15, 0.2) is 0 Å². The number of aromatic amines is 1. The second kappa shape index (κ2) is 9.62. The molecule has 1 atom stereocenters. The van der Waals surface area contributed by atoms with Crippen molar-refractivity contribution in [2.45, 2.75) is 12.5 Å². The summed E-state index contributed by atoms with van der Waals surface area (Å²) in [4.78, 5) is 42.0. The van der Waals surface area contributed by atoms with Gasteiger partial charge in [-0.05, 0) is 47.9 Å². The first-order chi connectivity index (χ1) is 17.9. The van der Waals surface area contributed by atoms with Gasteiger partial charge in [0, 0.05) is 41.3 Å². The molecule has 9 heteroatoms. The van der Waals surface area contributed by atoms with E-state index in [1.165, 1.54) is 30.2 Å². The average Bonchev–Trinajstić information content (AvgIpc) is 3.45. The van der Waals surface area contributed by atoms with Gasteiger partial charge in [0.1, 0.15) is 11.5 Å². The van der Waals surface area contributed by atoms with Crippen LogP contribution in [0.2, 0.25) is 0 Å². The molecule has 1 unspecified atom stereocenters. The number of ketones is 1. The minimum Gasteiger partial charge on any atom is -0.507 e. The van der Waals surface area contributed by atoms with E-state index in [9.17, 15) is 24.8 Å². The zero-order valence-electron chi connectivity index (χ0n) is 19.9. The van der Waals surface area contributed by atoms with E-state index in [0.717, 1.165) is 16.5 Å². The molecule has 1 saturated heterocycles. The van der Waals surface area contributed by atoms with Crippen LogP contribution in [0.4, 0.5) is 5.69 Å². The molecule has 1 aliphatic heterocycles. The third kappa shape index (κ3) is 4.31. The first-order valence-corrected chi connectivity index (χ1v) is 11.6. The highest BCUT2D eigenvalue weighted by Gasteiger charge is 2.46. The van der Waals surface area contributed by atoms with Crippen molar-refractivity contribution >= 4 is 34.0 Å². The first kappa shape index (κ1) is 23.8. The standard InChI is InChI=1S/C28H23N3O6/c1-37-21-11-9-17(10-12-21)26(32)24-25(18-5-4-6-20(15-18)31(35)36)30(28(34)27(24)33)14-13-19-16-29-23-8-3-2-7-22(19)23/h2-12,15-16,25,29,32H,13-14H2,1H3/b26-24-. The normalized spacial score (nSPS) is 16.9. The third-order valence-corrected chi connectivity index (χ3v) is 6.60. The van der Waals surface area contributed by atoms with Crippen molar-refractivity contribution in [1.82, 2.24) is 9.88 Å². The average molecular weight is 498 g/mol. The van der Waals surface area contributed by atoms with Gasteiger partial charge in [-0.15, -0.1) is 0 Å². The Hall–Kier alpha value is -4.92. The molecule has 0 spiro atoms. The highest BCUT2D eigenvalue weighted by molar-refractivity contribution is 6.46. The summed E-state index contributed by atoms with van der Waals surface area (Å²) in [5, 5.41) is 23.7. The SMILES string of the molecule is COc1ccc(/C(O)=C2/C(=O)C(=O)N(CCc3c[nH]c4ccccc34)C2c2cccc([N+](=O)[O-])c2)cc1. The molecule has 186 valence electrons. The van der Waals surface area contributed by atoms with Crippen molar-refractivity contribution < 1.29 is 24.4 Å². The van der Waals surface area contributed by atoms with Crippen molar-refractivity contribution in [3.8, 4) is 5.75 Å². The predicted octanol–water partition coefficient (Wildman–Crippen LogP) is 4.75. The molecule has 0 saturated carbocycles. The Kier molecular flexibility index (Phi) is 6.19. The van der Waals surface area contributed by atoms with E-state index in [1.807, 2.05) is 30.5 Å². The molecule has 5 rings (SSSR count). The number of nitrogens with one attached hydrogen (secondary N) is 1. The zero-order chi connectivity index (χ0) is 26.1. The molecule has 1 aliphatic rings. The van der Waals surface area contributed by atoms with E-state index in [0.29, 0.717) is 23.3 Å². The molecule has 4 aromatic rings. The van der Waals surface area contributed by atoms with Crippen LogP contribution >= 0.6 is 0 Å². The molecule has 0 radical (unpaired) electrons. The van der Waals surface area contributed by atoms with Gasteiger partial charge >= 0.3 is 0 Å². The van der Waals surface area contributed by atoms with Crippen molar-refractivity contribution in [3.63, 3.8) is 0 Å². The van der Waals surface area contributed by atoms with Crippen molar-refractivity contribution in [3.05, 3.63) is 111 Å². The number of methoxy groups -OCH3 is 1. The van der Waals surface area contributed by atoms with Crippen LogP contribution in [-0.4, -0.2) is 45.3 Å². The Morgan fingerprint density at radius 2 is 1.84 bits per heavy atom. The number of carbonyl (C=O) groups excluding carboxylic acids is 2. The molecule has 3 aromatic carbocycles. The summed E-state index contributed by atoms with van der Waals surface area (Å²) in [6, 6.07) is 19.0. The lowest BCUT2D eigenvalue weighted by Crippen LogP contribution is -2.31. The summed E-state index contributed by atoms with van der Waals surface area (Å²) in [5.74, 6) is -1.41. The van der Waals surface area contributed by atoms with Crippen LogP contribution < -0.4 is 4.74 Å². The van der Waals surface area contributed by atoms with Crippen LogP contribution in [-0.2, 0) is 16.0 Å². The predicted molar refractivity (Wildman–Crippen MR) is 137 cm³/mol. The van der Waals surface area contributed by atoms with E-state index < -0.39 is 22.7 Å². The van der Waals surface area contributed by atoms with Gasteiger partial charge in [-0.25, -0.2) is 0 Å². The molecule has 0 bridgehead atoms. The van der Waals surface area contributed by atoms with Gasteiger partial charge in [-0.3, -0.25) is 19.7 Å². The fourth-order valence-electron chi connectivity index (χ4n) is 4.75. The number of aromatic nitrogens is 1. The highest BCUT2D eigenvalue weighted by Crippen LogP contribution is 2.40. The number of likely N-dealkylation sites (tertiary alicyclic amines) is 1. The number of non-ortho nitro benzene ring substituents is 1. The Morgan fingerprint density at radius 1 is 1.08 bits per heavy atom. The number of nitro groups is 1. The van der Waals surface area contributed by atoms with Crippen molar-refractivity contribution in [2.75, 3.05) is 13.7 Å². The van der Waals surface area contributed by atoms with E-state index in [4.69, 9.17) is 4.74 Å². The number of benzene rings is 3. The van der Waals surface area contributed by atoms with Gasteiger partial charge in [-0.2, -0.15) is 0 Å². The number of nitrogens with zero attached hydrogens (tertiary/aromatic N) is 2. The van der Waals surface area contributed by atoms with Crippen LogP contribution in [0.5, 0.6) is 5.75 Å². The van der Waals surface area contributed by atoms with E-state index >= 15 is 0 Å². The van der Waals surface area contributed by atoms with Gasteiger partial charge in [0.25, 0.3) is 17.4 Å². The summed E-state index contributed by atoms with van der Waals surface area (Å²) < 4.78 is 5.16. The second-order valence-electron chi connectivity index (χ2n) is 8.68. The number of hydrogen-bond acceptors (Lipinski definition) is 6. The fraction of sp³-hybridized carbons (Fsp3) is 0.143. The number of amides is 1. The van der Waals surface area contributed by atoms with Crippen LogP contribution in [0.25, 0.3) is 16.7 Å². The number of H-pyrrole nitrogens is 1. The zero-order valence-corrected chi connectivity index (χ0v) is 19.9. The summed E-state index contributed by atoms with van der Waals surface area (Å²) in [6.07, 6.45) is 2.30. The Balaban J connectivity index is 1.59. The number of carbonyl (C=O) groups is 2. The quantitative estimate of drug-likeness (QED) is 0.125. The molecule has 2 heterocycles. The topological polar surface area (TPSA) is 126 Å². The molecule has 2 N–H and O–H groups in total. The summed E-state index contributed by atoms with van der Waals surface area (Å²) in [6.45, 7) is 0.166. The molecule has 1 amide bonds. The van der Waals surface area contributed by atoms with Crippen LogP contribution in [0.15, 0.2) is 84.6 Å². The van der Waals surface area contributed by atoms with Gasteiger partial charge in [0.2, 0.25) is 0 Å². The molecular formula is C28H23N3O6. The highest BCUT2D eigenvalue weighted by atomic mass is 16.6. The molecule has 9 nitrogen and oxygen atoms in total. The molecule has 1 aromatic heterocycles. The first-order valence-electron chi connectivity index (χ1n) is 11.6. The van der Waals surface area contributed by atoms with Gasteiger partial charge in [0.05, 0.1) is 23.6 Å². The fourth-order valence-corrected chi connectivity index (χ4v) is 4.75. The number of para-hydroxylation sites is 1. The summed E-state index contributed by atoms with van der Waals surface area (Å²) in [5.41, 5.74) is 2.31. The second-order valence-corrected chi connectivity index (χ2v) is 8.68. The molecule has 1 fully saturated rings. The minimum atomic E-state index is -0.993. The molecule has 0 aliphatic carbocycles. The van der Waals surface area contributed by atoms with E-state index in [2.05, 4.69) is 4.98 Å². The Morgan fingerprint density at radius 3 is 2.57 bits per heavy atom.